The van der Waals surface area contributed by atoms with Crippen molar-refractivity contribution in [1.82, 2.24) is 10.2 Å². The molecule has 1 aliphatic rings. The molecule has 4 heteroatoms. The van der Waals surface area contributed by atoms with Gasteiger partial charge in [-0.05, 0) is 31.5 Å². The van der Waals surface area contributed by atoms with Crippen LogP contribution in [-0.4, -0.2) is 57.4 Å². The van der Waals surface area contributed by atoms with Gasteiger partial charge in [-0.1, -0.05) is 18.2 Å². The lowest BCUT2D eigenvalue weighted by Gasteiger charge is -2.29. The Morgan fingerprint density at radius 3 is 2.80 bits per heavy atom. The second-order valence-corrected chi connectivity index (χ2v) is 5.33. The van der Waals surface area contributed by atoms with Gasteiger partial charge in [0.05, 0.1) is 20.3 Å². The third-order valence-electron chi connectivity index (χ3n) is 3.72. The summed E-state index contributed by atoms with van der Waals surface area (Å²) in [7, 11) is 1.73. The van der Waals surface area contributed by atoms with E-state index in [-0.39, 0.29) is 0 Å². The van der Waals surface area contributed by atoms with Crippen LogP contribution in [0.3, 0.4) is 0 Å². The summed E-state index contributed by atoms with van der Waals surface area (Å²) < 4.78 is 10.7. The minimum atomic E-state index is 0.503. The van der Waals surface area contributed by atoms with Crippen molar-refractivity contribution in [1.29, 1.82) is 0 Å². The Kier molecular flexibility index (Phi) is 6.30. The fourth-order valence-electron chi connectivity index (χ4n) is 2.60. The van der Waals surface area contributed by atoms with Crippen molar-refractivity contribution in [2.75, 3.05) is 46.5 Å². The third kappa shape index (κ3) is 4.78. The normalized spacial score (nSPS) is 17.9. The van der Waals surface area contributed by atoms with Gasteiger partial charge in [-0.15, -0.1) is 0 Å². The van der Waals surface area contributed by atoms with Gasteiger partial charge in [0, 0.05) is 25.7 Å². The highest BCUT2D eigenvalue weighted by molar-refractivity contribution is 5.33. The van der Waals surface area contributed by atoms with E-state index in [1.807, 2.05) is 12.1 Å². The van der Waals surface area contributed by atoms with Crippen molar-refractivity contribution >= 4 is 0 Å². The molecule has 0 amide bonds. The van der Waals surface area contributed by atoms with Gasteiger partial charge in [0.25, 0.3) is 0 Å². The van der Waals surface area contributed by atoms with E-state index in [0.717, 1.165) is 51.6 Å². The number of benzene rings is 1. The number of hydrogen-bond acceptors (Lipinski definition) is 4. The molecule has 1 aliphatic heterocycles. The maximum absolute atomic E-state index is 5.37. The average Bonchev–Trinajstić information content (AvgIpc) is 2.49. The molecule has 1 heterocycles. The summed E-state index contributed by atoms with van der Waals surface area (Å²) in [5, 5.41) is 3.59. The molecule has 1 fully saturated rings. The maximum atomic E-state index is 5.37. The number of nitrogens with zero attached hydrogens (tertiary/aromatic N) is 1. The summed E-state index contributed by atoms with van der Waals surface area (Å²) in [6, 6.07) is 8.73. The molecule has 0 bridgehead atoms. The van der Waals surface area contributed by atoms with Gasteiger partial charge in [-0.2, -0.15) is 0 Å². The second kappa shape index (κ2) is 8.25. The zero-order valence-electron chi connectivity index (χ0n) is 12.6. The molecule has 0 spiro atoms. The van der Waals surface area contributed by atoms with Gasteiger partial charge in [0.15, 0.2) is 0 Å². The molecule has 1 atom stereocenters. The van der Waals surface area contributed by atoms with Crippen LogP contribution in [0.15, 0.2) is 24.3 Å². The van der Waals surface area contributed by atoms with Gasteiger partial charge >= 0.3 is 0 Å². The molecular weight excluding hydrogens is 252 g/mol. The van der Waals surface area contributed by atoms with Crippen molar-refractivity contribution in [3.8, 4) is 5.75 Å². The van der Waals surface area contributed by atoms with Crippen molar-refractivity contribution in [2.45, 2.75) is 19.4 Å². The Morgan fingerprint density at radius 1 is 1.30 bits per heavy atom. The van der Waals surface area contributed by atoms with Crippen LogP contribution in [-0.2, 0) is 11.2 Å². The van der Waals surface area contributed by atoms with E-state index in [9.17, 15) is 0 Å². The quantitative estimate of drug-likeness (QED) is 0.820. The first kappa shape index (κ1) is 15.3. The number of methoxy groups -OCH3 is 1. The zero-order chi connectivity index (χ0) is 14.2. The predicted molar refractivity (Wildman–Crippen MR) is 81.4 cm³/mol. The maximum Gasteiger partial charge on any atom is 0.122 e. The number of para-hydroxylation sites is 1. The summed E-state index contributed by atoms with van der Waals surface area (Å²) in [6.07, 6.45) is 0.997. The first-order valence-electron chi connectivity index (χ1n) is 7.45. The van der Waals surface area contributed by atoms with E-state index in [1.54, 1.807) is 7.11 Å². The standard InChI is InChI=1S/C16H26N2O2/c1-14(13-18-9-11-20-12-10-18)17-8-7-15-5-3-4-6-16(15)19-2/h3-6,14,17H,7-13H2,1-2H3. The van der Waals surface area contributed by atoms with Crippen LogP contribution in [0, 0.1) is 0 Å². The summed E-state index contributed by atoms with van der Waals surface area (Å²) in [5.41, 5.74) is 1.26. The van der Waals surface area contributed by atoms with E-state index in [1.165, 1.54) is 5.56 Å². The number of nitrogens with one attached hydrogen (secondary N) is 1. The number of ether oxygens (including phenoxy) is 2. The van der Waals surface area contributed by atoms with E-state index in [2.05, 4.69) is 29.3 Å². The van der Waals surface area contributed by atoms with Gasteiger partial charge in [-0.25, -0.2) is 0 Å². The number of morpholine rings is 1. The van der Waals surface area contributed by atoms with Gasteiger partial charge in [0.2, 0.25) is 0 Å². The lowest BCUT2D eigenvalue weighted by Crippen LogP contribution is -2.44. The lowest BCUT2D eigenvalue weighted by molar-refractivity contribution is 0.0344. The molecule has 1 saturated heterocycles. The highest BCUT2D eigenvalue weighted by Crippen LogP contribution is 2.17. The Bertz CT molecular complexity index is 392. The molecule has 0 saturated carbocycles. The van der Waals surface area contributed by atoms with Crippen molar-refractivity contribution in [3.63, 3.8) is 0 Å². The molecule has 0 radical (unpaired) electrons. The van der Waals surface area contributed by atoms with E-state index >= 15 is 0 Å². The molecule has 1 N–H and O–H groups in total. The fourth-order valence-corrected chi connectivity index (χ4v) is 2.60. The molecule has 0 aromatic heterocycles. The van der Waals surface area contributed by atoms with Crippen LogP contribution < -0.4 is 10.1 Å². The van der Waals surface area contributed by atoms with Crippen molar-refractivity contribution in [3.05, 3.63) is 29.8 Å². The molecule has 4 nitrogen and oxygen atoms in total. The monoisotopic (exact) mass is 278 g/mol. The third-order valence-corrected chi connectivity index (χ3v) is 3.72. The summed E-state index contributed by atoms with van der Waals surface area (Å²) >= 11 is 0. The number of rotatable bonds is 7. The van der Waals surface area contributed by atoms with Gasteiger partial charge < -0.3 is 14.8 Å². The minimum Gasteiger partial charge on any atom is -0.496 e. The fraction of sp³-hybridized carbons (Fsp3) is 0.625. The van der Waals surface area contributed by atoms with E-state index in [4.69, 9.17) is 9.47 Å². The second-order valence-electron chi connectivity index (χ2n) is 5.33. The molecule has 1 aromatic rings. The molecule has 112 valence electrons. The predicted octanol–water partition coefficient (Wildman–Crippen LogP) is 1.55. The summed E-state index contributed by atoms with van der Waals surface area (Å²) in [5.74, 6) is 0.982. The van der Waals surface area contributed by atoms with Crippen LogP contribution in [0.5, 0.6) is 5.75 Å². The van der Waals surface area contributed by atoms with Crippen molar-refractivity contribution < 1.29 is 9.47 Å². The summed E-state index contributed by atoms with van der Waals surface area (Å²) in [6.45, 7) is 8.16. The molecule has 0 aliphatic carbocycles. The van der Waals surface area contributed by atoms with Crippen LogP contribution in [0.1, 0.15) is 12.5 Å². The highest BCUT2D eigenvalue weighted by Gasteiger charge is 2.13. The highest BCUT2D eigenvalue weighted by atomic mass is 16.5. The average molecular weight is 278 g/mol. The van der Waals surface area contributed by atoms with Gasteiger partial charge in [0.1, 0.15) is 5.75 Å². The Balaban J connectivity index is 1.69. The van der Waals surface area contributed by atoms with E-state index in [0.29, 0.717) is 6.04 Å². The van der Waals surface area contributed by atoms with E-state index < -0.39 is 0 Å². The first-order valence-corrected chi connectivity index (χ1v) is 7.45. The Hall–Kier alpha value is -1.10. The molecule has 2 rings (SSSR count). The summed E-state index contributed by atoms with van der Waals surface area (Å²) in [4.78, 5) is 2.46. The largest absolute Gasteiger partial charge is 0.496 e. The Morgan fingerprint density at radius 2 is 2.05 bits per heavy atom. The SMILES string of the molecule is COc1ccccc1CCNC(C)CN1CCOCC1. The van der Waals surface area contributed by atoms with Crippen LogP contribution >= 0.6 is 0 Å². The molecular formula is C16H26N2O2. The number of hydrogen-bond donors (Lipinski definition) is 1. The van der Waals surface area contributed by atoms with Gasteiger partial charge in [-0.3, -0.25) is 4.90 Å². The topological polar surface area (TPSA) is 33.7 Å². The lowest BCUT2D eigenvalue weighted by atomic mass is 10.1. The van der Waals surface area contributed by atoms with Crippen LogP contribution in [0.2, 0.25) is 0 Å². The minimum absolute atomic E-state index is 0.503. The smallest absolute Gasteiger partial charge is 0.122 e. The van der Waals surface area contributed by atoms with Crippen molar-refractivity contribution in [2.24, 2.45) is 0 Å². The van der Waals surface area contributed by atoms with Crippen LogP contribution in [0.25, 0.3) is 0 Å². The first-order chi connectivity index (χ1) is 9.79. The Labute approximate surface area is 122 Å². The molecule has 1 unspecified atom stereocenters. The van der Waals surface area contributed by atoms with Crippen LogP contribution in [0.4, 0.5) is 0 Å². The molecule has 20 heavy (non-hydrogen) atoms. The zero-order valence-corrected chi connectivity index (χ0v) is 12.6. The molecule has 1 aromatic carbocycles.